The van der Waals surface area contributed by atoms with Gasteiger partial charge in [-0.2, -0.15) is 5.26 Å². The van der Waals surface area contributed by atoms with Crippen molar-refractivity contribution in [2.24, 2.45) is 0 Å². The summed E-state index contributed by atoms with van der Waals surface area (Å²) in [6.07, 6.45) is 0. The molecule has 0 aliphatic carbocycles. The van der Waals surface area contributed by atoms with Crippen molar-refractivity contribution in [3.8, 4) is 11.8 Å². The number of nitriles is 1. The van der Waals surface area contributed by atoms with E-state index < -0.39 is 0 Å². The summed E-state index contributed by atoms with van der Waals surface area (Å²) in [4.78, 5) is 21.3. The summed E-state index contributed by atoms with van der Waals surface area (Å²) >= 11 is 5.97. The van der Waals surface area contributed by atoms with Crippen LogP contribution in [0.25, 0.3) is 16.6 Å². The third-order valence-corrected chi connectivity index (χ3v) is 4.53. The number of anilines is 1. The van der Waals surface area contributed by atoms with Crippen LogP contribution in [0.5, 0.6) is 5.75 Å². The van der Waals surface area contributed by atoms with Crippen LogP contribution in [0.4, 0.5) is 5.69 Å². The first kappa shape index (κ1) is 21.2. The number of aromatic nitrogens is 2. The third kappa shape index (κ3) is 4.89. The van der Waals surface area contributed by atoms with Gasteiger partial charge in [0.05, 0.1) is 36.9 Å². The Morgan fingerprint density at radius 2 is 2.10 bits per heavy atom. The monoisotopic (exact) mass is 425 g/mol. The molecule has 0 radical (unpaired) electrons. The molecule has 2 aromatic carbocycles. The van der Waals surface area contributed by atoms with Gasteiger partial charge in [0.2, 0.25) is 5.91 Å². The molecule has 154 valence electrons. The van der Waals surface area contributed by atoms with Crippen LogP contribution in [0.3, 0.4) is 0 Å². The summed E-state index contributed by atoms with van der Waals surface area (Å²) in [7, 11) is 3.15. The van der Waals surface area contributed by atoms with Crippen molar-refractivity contribution in [2.45, 2.75) is 0 Å². The molecule has 30 heavy (non-hydrogen) atoms. The van der Waals surface area contributed by atoms with Gasteiger partial charge in [0, 0.05) is 5.02 Å². The molecule has 0 saturated heterocycles. The maximum Gasteiger partial charge on any atom is 0.238 e. The highest BCUT2D eigenvalue weighted by atomic mass is 35.5. The van der Waals surface area contributed by atoms with Crippen LogP contribution in [0.2, 0.25) is 5.02 Å². The molecule has 0 aliphatic heterocycles. The van der Waals surface area contributed by atoms with E-state index >= 15 is 0 Å². The number of aliphatic hydroxyl groups is 1. The Bertz CT molecular complexity index is 1120. The van der Waals surface area contributed by atoms with Crippen LogP contribution >= 0.6 is 11.6 Å². The Balaban J connectivity index is 1.69. The zero-order valence-electron chi connectivity index (χ0n) is 16.4. The zero-order chi connectivity index (χ0) is 21.7. The van der Waals surface area contributed by atoms with E-state index in [-0.39, 0.29) is 36.2 Å². The predicted octanol–water partition coefficient (Wildman–Crippen LogP) is 3.59. The van der Waals surface area contributed by atoms with E-state index in [0.717, 1.165) is 5.52 Å². The number of methoxy groups -OCH3 is 1. The summed E-state index contributed by atoms with van der Waals surface area (Å²) in [6.45, 7) is -0.0430. The molecule has 3 rings (SSSR count). The Morgan fingerprint density at radius 1 is 1.33 bits per heavy atom. The van der Waals surface area contributed by atoms with Crippen molar-refractivity contribution in [2.75, 3.05) is 32.6 Å². The molecule has 0 bridgehead atoms. The molecule has 0 unspecified atom stereocenters. The molecular formula is C21H20ClN5O3. The zero-order valence-corrected chi connectivity index (χ0v) is 17.2. The minimum absolute atomic E-state index is 0.0138. The van der Waals surface area contributed by atoms with Crippen molar-refractivity contribution in [3.05, 3.63) is 59.1 Å². The lowest BCUT2D eigenvalue weighted by molar-refractivity contribution is -0.117. The summed E-state index contributed by atoms with van der Waals surface area (Å²) in [5.74, 6) is 0.243. The van der Waals surface area contributed by atoms with Crippen molar-refractivity contribution in [1.82, 2.24) is 14.9 Å². The normalized spacial score (nSPS) is 11.8. The number of aliphatic hydroxyl groups excluding tert-OH is 1. The number of rotatable bonds is 7. The van der Waals surface area contributed by atoms with E-state index in [1.165, 1.54) is 7.11 Å². The summed E-state index contributed by atoms with van der Waals surface area (Å²) in [5.41, 5.74) is 1.92. The topological polar surface area (TPSA) is 114 Å². The molecule has 1 amide bonds. The maximum atomic E-state index is 12.4. The van der Waals surface area contributed by atoms with Gasteiger partial charge < -0.3 is 20.1 Å². The number of carbonyl (C=O) groups excluding carboxylic acids is 1. The lowest BCUT2D eigenvalue weighted by atomic mass is 10.2. The van der Waals surface area contributed by atoms with Crippen LogP contribution in [0.15, 0.2) is 48.2 Å². The first-order valence-electron chi connectivity index (χ1n) is 9.00. The second-order valence-electron chi connectivity index (χ2n) is 6.60. The Kier molecular flexibility index (Phi) is 6.57. The van der Waals surface area contributed by atoms with Crippen molar-refractivity contribution in [3.63, 3.8) is 0 Å². The van der Waals surface area contributed by atoms with Gasteiger partial charge in [-0.15, -0.1) is 0 Å². The van der Waals surface area contributed by atoms with Crippen LogP contribution < -0.4 is 10.1 Å². The molecule has 0 saturated carbocycles. The lowest BCUT2D eigenvalue weighted by Crippen LogP contribution is -2.32. The van der Waals surface area contributed by atoms with Crippen molar-refractivity contribution >= 4 is 39.8 Å². The maximum absolute atomic E-state index is 12.4. The van der Waals surface area contributed by atoms with E-state index in [1.54, 1.807) is 30.1 Å². The molecule has 3 aromatic rings. The Morgan fingerprint density at radius 3 is 2.80 bits per heavy atom. The third-order valence-electron chi connectivity index (χ3n) is 4.30. The minimum atomic E-state index is -0.326. The van der Waals surface area contributed by atoms with Gasteiger partial charge in [-0.25, -0.2) is 4.98 Å². The fourth-order valence-corrected chi connectivity index (χ4v) is 3.10. The fourth-order valence-electron chi connectivity index (χ4n) is 2.93. The second-order valence-corrected chi connectivity index (χ2v) is 7.04. The number of hydrogen-bond donors (Lipinski definition) is 3. The van der Waals surface area contributed by atoms with Crippen LogP contribution in [0, 0.1) is 11.3 Å². The summed E-state index contributed by atoms with van der Waals surface area (Å²) < 4.78 is 5.21. The number of halogens is 1. The quantitative estimate of drug-likeness (QED) is 0.393. The average Bonchev–Trinajstić information content (AvgIpc) is 3.12. The number of hydrogen-bond acceptors (Lipinski definition) is 6. The molecule has 8 nitrogen and oxygen atoms in total. The smallest absolute Gasteiger partial charge is 0.238 e. The van der Waals surface area contributed by atoms with Gasteiger partial charge in [0.1, 0.15) is 23.2 Å². The highest BCUT2D eigenvalue weighted by molar-refractivity contribution is 6.31. The molecule has 1 heterocycles. The van der Waals surface area contributed by atoms with Gasteiger partial charge in [0.25, 0.3) is 0 Å². The molecule has 0 fully saturated rings. The molecule has 0 spiro atoms. The van der Waals surface area contributed by atoms with Gasteiger partial charge in [-0.05, 0) is 37.4 Å². The van der Waals surface area contributed by atoms with Crippen molar-refractivity contribution in [1.29, 1.82) is 5.26 Å². The van der Waals surface area contributed by atoms with E-state index in [4.69, 9.17) is 16.3 Å². The van der Waals surface area contributed by atoms with Crippen LogP contribution in [-0.4, -0.2) is 53.1 Å². The number of aromatic amines is 1. The summed E-state index contributed by atoms with van der Waals surface area (Å²) in [5, 5.41) is 23.2. The Labute approximate surface area is 178 Å². The van der Waals surface area contributed by atoms with Gasteiger partial charge >= 0.3 is 0 Å². The molecule has 0 atom stereocenters. The minimum Gasteiger partial charge on any atom is -0.509 e. The number of carbonyl (C=O) groups is 1. The highest BCUT2D eigenvalue weighted by Crippen LogP contribution is 2.27. The number of amides is 1. The number of benzene rings is 2. The van der Waals surface area contributed by atoms with E-state index in [9.17, 15) is 15.2 Å². The van der Waals surface area contributed by atoms with Crippen LogP contribution in [0.1, 0.15) is 5.82 Å². The number of likely N-dealkylation sites (N-methyl/N-ethyl adjacent to an activating group) is 1. The number of para-hydroxylation sites is 2. The molecule has 1 aromatic heterocycles. The van der Waals surface area contributed by atoms with E-state index in [0.29, 0.717) is 22.0 Å². The number of imidazole rings is 1. The molecular weight excluding hydrogens is 406 g/mol. The predicted molar refractivity (Wildman–Crippen MR) is 115 cm³/mol. The van der Waals surface area contributed by atoms with Gasteiger partial charge in [-0.3, -0.25) is 9.69 Å². The number of ether oxygens (including phenoxy) is 1. The molecule has 0 aliphatic rings. The standard InChI is InChI=1S/C21H20ClN5O3/c1-27(12-20(29)24-17-9-13(22)7-8-19(17)30-2)11-18(28)14(10-23)21-25-15-5-3-4-6-16(15)26-21/h3-9,28H,11-12H2,1-2H3,(H,24,29)(H,25,26)/b18-14-. The average molecular weight is 426 g/mol. The summed E-state index contributed by atoms with van der Waals surface area (Å²) in [6, 6.07) is 14.2. The van der Waals surface area contributed by atoms with E-state index in [2.05, 4.69) is 15.3 Å². The lowest BCUT2D eigenvalue weighted by Gasteiger charge is -2.17. The second kappa shape index (κ2) is 9.31. The van der Waals surface area contributed by atoms with Crippen LogP contribution in [-0.2, 0) is 4.79 Å². The highest BCUT2D eigenvalue weighted by Gasteiger charge is 2.16. The fraction of sp³-hybridized carbons (Fsp3) is 0.190. The SMILES string of the molecule is COc1ccc(Cl)cc1NC(=O)CN(C)C/C(O)=C(\C#N)c1nc2ccccc2[nH]1. The largest absolute Gasteiger partial charge is 0.509 e. The first-order chi connectivity index (χ1) is 14.4. The van der Waals surface area contributed by atoms with E-state index in [1.807, 2.05) is 30.3 Å². The van der Waals surface area contributed by atoms with Gasteiger partial charge in [-0.1, -0.05) is 23.7 Å². The number of fused-ring (bicyclic) bond motifs is 1. The molecule has 9 heteroatoms. The number of nitrogens with zero attached hydrogens (tertiary/aromatic N) is 3. The number of nitrogens with one attached hydrogen (secondary N) is 2. The molecule has 3 N–H and O–H groups in total. The number of H-pyrrole nitrogens is 1. The van der Waals surface area contributed by atoms with Gasteiger partial charge in [0.15, 0.2) is 5.82 Å². The first-order valence-corrected chi connectivity index (χ1v) is 9.38. The number of allylic oxidation sites excluding steroid dienone is 1. The van der Waals surface area contributed by atoms with Crippen molar-refractivity contribution < 1.29 is 14.6 Å². The Hall–Kier alpha value is -3.54.